The molecule has 1 heterocycles. The molecule has 0 unspecified atom stereocenters. The van der Waals surface area contributed by atoms with Gasteiger partial charge in [-0.15, -0.1) is 0 Å². The Hall–Kier alpha value is -2.04. The zero-order chi connectivity index (χ0) is 14.5. The van der Waals surface area contributed by atoms with Crippen molar-refractivity contribution in [2.45, 2.75) is 19.8 Å². The highest BCUT2D eigenvalue weighted by Gasteiger charge is 2.23. The van der Waals surface area contributed by atoms with Crippen LogP contribution in [-0.4, -0.2) is 36.3 Å². The molecule has 0 bridgehead atoms. The Kier molecular flexibility index (Phi) is 4.61. The van der Waals surface area contributed by atoms with E-state index in [0.29, 0.717) is 23.7 Å². The number of nitrogen functional groups attached to an aromatic ring is 1. The molecule has 1 aliphatic heterocycles. The quantitative estimate of drug-likeness (QED) is 0.815. The van der Waals surface area contributed by atoms with Gasteiger partial charge in [0.05, 0.1) is 0 Å². The average molecular weight is 275 g/mol. The topological polar surface area (TPSA) is 75.4 Å². The maximum absolute atomic E-state index is 12.3. The molecular formula is C15H21N3O2. The lowest BCUT2D eigenvalue weighted by molar-refractivity contribution is -0.119. The van der Waals surface area contributed by atoms with Crippen molar-refractivity contribution in [3.8, 4) is 0 Å². The van der Waals surface area contributed by atoms with Crippen molar-refractivity contribution in [1.29, 1.82) is 0 Å². The van der Waals surface area contributed by atoms with E-state index in [2.05, 4.69) is 5.32 Å². The third-order valence-electron chi connectivity index (χ3n) is 3.70. The van der Waals surface area contributed by atoms with E-state index in [1.807, 2.05) is 4.90 Å². The van der Waals surface area contributed by atoms with Crippen LogP contribution in [0, 0.1) is 5.92 Å². The SMILES string of the molecule is CC(=O)NCC1CCN(C(=O)c2ccc(N)cc2)CC1. The molecule has 1 aromatic rings. The molecule has 3 N–H and O–H groups in total. The van der Waals surface area contributed by atoms with E-state index in [-0.39, 0.29) is 11.8 Å². The second-order valence-corrected chi connectivity index (χ2v) is 5.29. The van der Waals surface area contributed by atoms with Gasteiger partial charge in [0.15, 0.2) is 0 Å². The standard InChI is InChI=1S/C15H21N3O2/c1-11(19)17-10-12-6-8-18(9-7-12)15(20)13-2-4-14(16)5-3-13/h2-5,12H,6-10,16H2,1H3,(H,17,19). The fraction of sp³-hybridized carbons (Fsp3) is 0.467. The Bertz CT molecular complexity index is 476. The number of carbonyl (C=O) groups is 2. The van der Waals surface area contributed by atoms with Gasteiger partial charge in [-0.2, -0.15) is 0 Å². The van der Waals surface area contributed by atoms with Crippen molar-refractivity contribution < 1.29 is 9.59 Å². The van der Waals surface area contributed by atoms with Crippen LogP contribution in [-0.2, 0) is 4.79 Å². The lowest BCUT2D eigenvalue weighted by Gasteiger charge is -2.32. The highest BCUT2D eigenvalue weighted by molar-refractivity contribution is 5.94. The summed E-state index contributed by atoms with van der Waals surface area (Å²) in [6.45, 7) is 3.72. The Labute approximate surface area is 119 Å². The van der Waals surface area contributed by atoms with E-state index in [1.165, 1.54) is 6.92 Å². The summed E-state index contributed by atoms with van der Waals surface area (Å²) in [6, 6.07) is 7.02. The van der Waals surface area contributed by atoms with Crippen LogP contribution in [0.2, 0.25) is 0 Å². The molecule has 0 aliphatic carbocycles. The number of hydrogen-bond donors (Lipinski definition) is 2. The van der Waals surface area contributed by atoms with Gasteiger partial charge in [-0.3, -0.25) is 9.59 Å². The molecule has 5 heteroatoms. The Balaban J connectivity index is 1.85. The molecule has 0 aromatic heterocycles. The van der Waals surface area contributed by atoms with Crippen LogP contribution in [0.1, 0.15) is 30.1 Å². The fourth-order valence-electron chi connectivity index (χ4n) is 2.44. The molecule has 0 atom stereocenters. The largest absolute Gasteiger partial charge is 0.399 e. The number of nitrogens with one attached hydrogen (secondary N) is 1. The first-order valence-corrected chi connectivity index (χ1v) is 6.95. The fourth-order valence-corrected chi connectivity index (χ4v) is 2.44. The van der Waals surface area contributed by atoms with Crippen LogP contribution >= 0.6 is 0 Å². The maximum atomic E-state index is 12.3. The van der Waals surface area contributed by atoms with Gasteiger partial charge in [0, 0.05) is 37.8 Å². The number of nitrogens with two attached hydrogens (primary N) is 1. The first-order chi connectivity index (χ1) is 9.56. The first-order valence-electron chi connectivity index (χ1n) is 6.95. The molecular weight excluding hydrogens is 254 g/mol. The van der Waals surface area contributed by atoms with Gasteiger partial charge in [0.1, 0.15) is 0 Å². The molecule has 1 aliphatic rings. The van der Waals surface area contributed by atoms with Crippen molar-refractivity contribution in [2.75, 3.05) is 25.4 Å². The second kappa shape index (κ2) is 6.41. The van der Waals surface area contributed by atoms with Crippen LogP contribution in [0.4, 0.5) is 5.69 Å². The molecule has 2 amide bonds. The minimum absolute atomic E-state index is 0.00498. The van der Waals surface area contributed by atoms with Crippen LogP contribution in [0.15, 0.2) is 24.3 Å². The van der Waals surface area contributed by atoms with Crippen molar-refractivity contribution in [2.24, 2.45) is 5.92 Å². The highest BCUT2D eigenvalue weighted by atomic mass is 16.2. The number of hydrogen-bond acceptors (Lipinski definition) is 3. The third kappa shape index (κ3) is 3.73. The molecule has 1 fully saturated rings. The minimum atomic E-state index is 0.00498. The molecule has 1 saturated heterocycles. The molecule has 5 nitrogen and oxygen atoms in total. The lowest BCUT2D eigenvalue weighted by Crippen LogP contribution is -2.41. The Morgan fingerprint density at radius 1 is 1.25 bits per heavy atom. The monoisotopic (exact) mass is 275 g/mol. The summed E-state index contributed by atoms with van der Waals surface area (Å²) >= 11 is 0. The zero-order valence-corrected chi connectivity index (χ0v) is 11.8. The summed E-state index contributed by atoms with van der Waals surface area (Å²) in [4.78, 5) is 25.1. The maximum Gasteiger partial charge on any atom is 0.253 e. The van der Waals surface area contributed by atoms with E-state index >= 15 is 0 Å². The Morgan fingerprint density at radius 3 is 2.40 bits per heavy atom. The van der Waals surface area contributed by atoms with E-state index in [9.17, 15) is 9.59 Å². The smallest absolute Gasteiger partial charge is 0.253 e. The van der Waals surface area contributed by atoms with Crippen molar-refractivity contribution in [1.82, 2.24) is 10.2 Å². The number of amides is 2. The zero-order valence-electron chi connectivity index (χ0n) is 11.8. The number of rotatable bonds is 3. The number of carbonyl (C=O) groups excluding carboxylic acids is 2. The molecule has 0 radical (unpaired) electrons. The van der Waals surface area contributed by atoms with E-state index in [0.717, 1.165) is 25.9 Å². The molecule has 0 spiro atoms. The number of anilines is 1. The van der Waals surface area contributed by atoms with Gasteiger partial charge in [-0.1, -0.05) is 0 Å². The van der Waals surface area contributed by atoms with Gasteiger partial charge in [-0.25, -0.2) is 0 Å². The predicted octanol–water partition coefficient (Wildman–Crippen LogP) is 1.26. The summed E-state index contributed by atoms with van der Waals surface area (Å²) in [5.74, 6) is 0.530. The number of piperidine rings is 1. The number of likely N-dealkylation sites (tertiary alicyclic amines) is 1. The van der Waals surface area contributed by atoms with Gasteiger partial charge in [0.2, 0.25) is 5.91 Å². The van der Waals surface area contributed by atoms with Crippen LogP contribution in [0.3, 0.4) is 0 Å². The van der Waals surface area contributed by atoms with Crippen molar-refractivity contribution in [3.05, 3.63) is 29.8 Å². The molecule has 2 rings (SSSR count). The molecule has 1 aromatic carbocycles. The third-order valence-corrected chi connectivity index (χ3v) is 3.70. The molecule has 0 saturated carbocycles. The predicted molar refractivity (Wildman–Crippen MR) is 78.2 cm³/mol. The first kappa shape index (κ1) is 14.4. The molecule has 108 valence electrons. The van der Waals surface area contributed by atoms with E-state index in [4.69, 9.17) is 5.73 Å². The van der Waals surface area contributed by atoms with Crippen LogP contribution < -0.4 is 11.1 Å². The summed E-state index contributed by atoms with van der Waals surface area (Å²) in [5.41, 5.74) is 6.96. The second-order valence-electron chi connectivity index (χ2n) is 5.29. The summed E-state index contributed by atoms with van der Waals surface area (Å²) in [6.07, 6.45) is 1.86. The number of benzene rings is 1. The average Bonchev–Trinajstić information content (AvgIpc) is 2.46. The highest BCUT2D eigenvalue weighted by Crippen LogP contribution is 2.19. The van der Waals surface area contributed by atoms with Gasteiger partial charge < -0.3 is 16.0 Å². The van der Waals surface area contributed by atoms with Gasteiger partial charge in [0.25, 0.3) is 5.91 Å². The normalized spacial score (nSPS) is 15.9. The Morgan fingerprint density at radius 2 is 1.85 bits per heavy atom. The van der Waals surface area contributed by atoms with Crippen molar-refractivity contribution in [3.63, 3.8) is 0 Å². The van der Waals surface area contributed by atoms with Crippen LogP contribution in [0.5, 0.6) is 0 Å². The van der Waals surface area contributed by atoms with E-state index in [1.54, 1.807) is 24.3 Å². The van der Waals surface area contributed by atoms with Gasteiger partial charge >= 0.3 is 0 Å². The summed E-state index contributed by atoms with van der Waals surface area (Å²) < 4.78 is 0. The van der Waals surface area contributed by atoms with E-state index < -0.39 is 0 Å². The number of nitrogens with zero attached hydrogens (tertiary/aromatic N) is 1. The summed E-state index contributed by atoms with van der Waals surface area (Å²) in [5, 5.41) is 2.84. The van der Waals surface area contributed by atoms with Gasteiger partial charge in [-0.05, 0) is 43.0 Å². The summed E-state index contributed by atoms with van der Waals surface area (Å²) in [7, 11) is 0. The molecule has 20 heavy (non-hydrogen) atoms. The lowest BCUT2D eigenvalue weighted by atomic mass is 9.96. The van der Waals surface area contributed by atoms with Crippen LogP contribution in [0.25, 0.3) is 0 Å². The minimum Gasteiger partial charge on any atom is -0.399 e. The van der Waals surface area contributed by atoms with Crippen molar-refractivity contribution >= 4 is 17.5 Å².